The molecule has 1 aliphatic heterocycles. The Kier molecular flexibility index (Phi) is 11.0. The Bertz CT molecular complexity index is 476. The first-order valence-corrected chi connectivity index (χ1v) is 8.08. The van der Waals surface area contributed by atoms with E-state index in [2.05, 4.69) is 34.6 Å². The zero-order valence-electron chi connectivity index (χ0n) is 14.2. The molecule has 0 atom stereocenters. The third kappa shape index (κ3) is 8.27. The van der Waals surface area contributed by atoms with Crippen LogP contribution in [0.2, 0.25) is 0 Å². The summed E-state index contributed by atoms with van der Waals surface area (Å²) in [7, 11) is 1.66. The number of aliphatic imine (C=N–C) groups is 1. The van der Waals surface area contributed by atoms with Crippen LogP contribution < -0.4 is 11.1 Å². The minimum Gasteiger partial charge on any atom is -0.383 e. The summed E-state index contributed by atoms with van der Waals surface area (Å²) in [6.45, 7) is 4.09. The highest BCUT2D eigenvalue weighted by Gasteiger charge is 2.13. The average molecular weight is 449 g/mol. The highest BCUT2D eigenvalue weighted by molar-refractivity contribution is 14.0. The number of ether oxygens (including phenoxy) is 3. The Labute approximate surface area is 161 Å². The second-order valence-corrected chi connectivity index (χ2v) is 5.56. The standard InChI is InChI=1S/C17H27N3O3.HI/c1-21-11-8-19-17(18)20-12-14-2-4-15(5-3-14)13-23-16-6-9-22-10-7-16;/h2-5,16H,6-13H2,1H3,(H3,18,19,20);1H. The zero-order chi connectivity index (χ0) is 16.3. The molecule has 0 amide bonds. The largest absolute Gasteiger partial charge is 0.383 e. The molecular weight excluding hydrogens is 421 g/mol. The lowest BCUT2D eigenvalue weighted by molar-refractivity contribution is -0.0390. The molecule has 7 heteroatoms. The Hall–Kier alpha value is -0.900. The SMILES string of the molecule is COCCNC(N)=NCc1ccc(COC2CCOCC2)cc1.I. The molecule has 0 spiro atoms. The van der Waals surface area contributed by atoms with Crippen LogP contribution in [0.25, 0.3) is 0 Å². The monoisotopic (exact) mass is 449 g/mol. The molecule has 1 fully saturated rings. The molecule has 1 aromatic carbocycles. The lowest BCUT2D eigenvalue weighted by Gasteiger charge is -2.22. The fraction of sp³-hybridized carbons (Fsp3) is 0.588. The molecule has 0 aromatic heterocycles. The molecule has 0 radical (unpaired) electrons. The molecule has 24 heavy (non-hydrogen) atoms. The number of guanidine groups is 1. The molecule has 136 valence electrons. The lowest BCUT2D eigenvalue weighted by atomic mass is 10.1. The van der Waals surface area contributed by atoms with Crippen molar-refractivity contribution in [2.24, 2.45) is 10.7 Å². The van der Waals surface area contributed by atoms with Crippen molar-refractivity contribution >= 4 is 29.9 Å². The highest BCUT2D eigenvalue weighted by atomic mass is 127. The first-order valence-electron chi connectivity index (χ1n) is 8.08. The average Bonchev–Trinajstić information content (AvgIpc) is 2.60. The molecule has 0 saturated carbocycles. The van der Waals surface area contributed by atoms with Gasteiger partial charge in [-0.15, -0.1) is 24.0 Å². The number of rotatable bonds is 8. The van der Waals surface area contributed by atoms with E-state index in [1.165, 1.54) is 5.56 Å². The predicted octanol–water partition coefficient (Wildman–Crippen LogP) is 2.05. The van der Waals surface area contributed by atoms with Crippen molar-refractivity contribution in [3.63, 3.8) is 0 Å². The van der Waals surface area contributed by atoms with Crippen molar-refractivity contribution in [2.75, 3.05) is 33.5 Å². The number of hydrogen-bond acceptors (Lipinski definition) is 4. The summed E-state index contributed by atoms with van der Waals surface area (Å²) in [4.78, 5) is 4.30. The third-order valence-electron chi connectivity index (χ3n) is 3.72. The molecule has 0 aliphatic carbocycles. The van der Waals surface area contributed by atoms with E-state index in [0.717, 1.165) is 31.6 Å². The summed E-state index contributed by atoms with van der Waals surface area (Å²) in [6.07, 6.45) is 2.30. The van der Waals surface area contributed by atoms with Crippen LogP contribution in [0.5, 0.6) is 0 Å². The van der Waals surface area contributed by atoms with Gasteiger partial charge in [-0.1, -0.05) is 24.3 Å². The van der Waals surface area contributed by atoms with Crippen LogP contribution in [0.15, 0.2) is 29.3 Å². The van der Waals surface area contributed by atoms with Gasteiger partial charge in [0.15, 0.2) is 5.96 Å². The van der Waals surface area contributed by atoms with Crippen LogP contribution in [-0.4, -0.2) is 45.5 Å². The molecule has 0 bridgehead atoms. The topological polar surface area (TPSA) is 78.1 Å². The number of methoxy groups -OCH3 is 1. The minimum atomic E-state index is 0. The van der Waals surface area contributed by atoms with Crippen LogP contribution in [-0.2, 0) is 27.4 Å². The maximum absolute atomic E-state index is 5.91. The summed E-state index contributed by atoms with van der Waals surface area (Å²) >= 11 is 0. The molecule has 1 aromatic rings. The predicted molar refractivity (Wildman–Crippen MR) is 106 cm³/mol. The van der Waals surface area contributed by atoms with Crippen LogP contribution >= 0.6 is 24.0 Å². The normalized spacial score (nSPS) is 15.8. The van der Waals surface area contributed by atoms with Crippen LogP contribution in [0.3, 0.4) is 0 Å². The number of nitrogens with one attached hydrogen (secondary N) is 1. The van der Waals surface area contributed by atoms with Gasteiger partial charge in [0.2, 0.25) is 0 Å². The van der Waals surface area contributed by atoms with Gasteiger partial charge >= 0.3 is 0 Å². The summed E-state index contributed by atoms with van der Waals surface area (Å²) in [6, 6.07) is 8.29. The lowest BCUT2D eigenvalue weighted by Crippen LogP contribution is -2.34. The molecule has 1 saturated heterocycles. The second kappa shape index (κ2) is 12.5. The minimum absolute atomic E-state index is 0. The van der Waals surface area contributed by atoms with Gasteiger partial charge in [-0.05, 0) is 24.0 Å². The van der Waals surface area contributed by atoms with Gasteiger partial charge in [0.1, 0.15) is 0 Å². The maximum Gasteiger partial charge on any atom is 0.188 e. The molecule has 1 heterocycles. The van der Waals surface area contributed by atoms with Crippen molar-refractivity contribution in [3.8, 4) is 0 Å². The Morgan fingerprint density at radius 3 is 2.58 bits per heavy atom. The van der Waals surface area contributed by atoms with Crippen LogP contribution in [0.1, 0.15) is 24.0 Å². The maximum atomic E-state index is 5.91. The van der Waals surface area contributed by atoms with Crippen molar-refractivity contribution in [1.82, 2.24) is 5.32 Å². The highest BCUT2D eigenvalue weighted by Crippen LogP contribution is 2.14. The summed E-state index contributed by atoms with van der Waals surface area (Å²) < 4.78 is 16.2. The Balaban J connectivity index is 0.00000288. The van der Waals surface area contributed by atoms with Crippen molar-refractivity contribution in [3.05, 3.63) is 35.4 Å². The molecule has 6 nitrogen and oxygen atoms in total. The summed E-state index contributed by atoms with van der Waals surface area (Å²) in [5.41, 5.74) is 8.07. The van der Waals surface area contributed by atoms with E-state index in [-0.39, 0.29) is 24.0 Å². The van der Waals surface area contributed by atoms with E-state index in [4.69, 9.17) is 19.9 Å². The smallest absolute Gasteiger partial charge is 0.188 e. The fourth-order valence-corrected chi connectivity index (χ4v) is 2.31. The van der Waals surface area contributed by atoms with E-state index in [1.54, 1.807) is 7.11 Å². The molecule has 2 rings (SSSR count). The molecular formula is C17H28IN3O3. The van der Waals surface area contributed by atoms with Gasteiger partial charge in [0.05, 0.1) is 25.9 Å². The Morgan fingerprint density at radius 2 is 1.92 bits per heavy atom. The van der Waals surface area contributed by atoms with Gasteiger partial charge in [-0.25, -0.2) is 4.99 Å². The van der Waals surface area contributed by atoms with Gasteiger partial charge in [0.25, 0.3) is 0 Å². The van der Waals surface area contributed by atoms with E-state index >= 15 is 0 Å². The summed E-state index contributed by atoms with van der Waals surface area (Å²) in [5.74, 6) is 0.439. The van der Waals surface area contributed by atoms with Gasteiger partial charge in [-0.2, -0.15) is 0 Å². The third-order valence-corrected chi connectivity index (χ3v) is 3.72. The fourth-order valence-electron chi connectivity index (χ4n) is 2.31. The number of halogens is 1. The van der Waals surface area contributed by atoms with Crippen LogP contribution in [0, 0.1) is 0 Å². The van der Waals surface area contributed by atoms with E-state index < -0.39 is 0 Å². The number of nitrogens with zero attached hydrogens (tertiary/aromatic N) is 1. The van der Waals surface area contributed by atoms with Crippen molar-refractivity contribution in [2.45, 2.75) is 32.1 Å². The van der Waals surface area contributed by atoms with E-state index in [1.807, 2.05) is 0 Å². The quantitative estimate of drug-likeness (QED) is 0.275. The van der Waals surface area contributed by atoms with Gasteiger partial charge in [-0.3, -0.25) is 0 Å². The first-order chi connectivity index (χ1) is 11.3. The molecule has 3 N–H and O–H groups in total. The summed E-state index contributed by atoms with van der Waals surface area (Å²) in [5, 5.41) is 2.99. The van der Waals surface area contributed by atoms with Gasteiger partial charge < -0.3 is 25.3 Å². The second-order valence-electron chi connectivity index (χ2n) is 5.56. The van der Waals surface area contributed by atoms with Gasteiger partial charge in [0, 0.05) is 26.9 Å². The van der Waals surface area contributed by atoms with E-state index in [0.29, 0.717) is 38.4 Å². The first kappa shape index (κ1) is 21.1. The number of nitrogens with two attached hydrogens (primary N) is 1. The number of benzene rings is 1. The van der Waals surface area contributed by atoms with E-state index in [9.17, 15) is 0 Å². The molecule has 0 unspecified atom stereocenters. The zero-order valence-corrected chi connectivity index (χ0v) is 16.5. The Morgan fingerprint density at radius 1 is 1.25 bits per heavy atom. The van der Waals surface area contributed by atoms with Crippen molar-refractivity contribution < 1.29 is 14.2 Å². The molecule has 1 aliphatic rings. The van der Waals surface area contributed by atoms with Crippen molar-refractivity contribution in [1.29, 1.82) is 0 Å². The number of hydrogen-bond donors (Lipinski definition) is 2. The van der Waals surface area contributed by atoms with Crippen LogP contribution in [0.4, 0.5) is 0 Å².